The summed E-state index contributed by atoms with van der Waals surface area (Å²) in [5.41, 5.74) is 20.3. The second-order valence-electron chi connectivity index (χ2n) is 37.5. The molecule has 0 amide bonds. The summed E-state index contributed by atoms with van der Waals surface area (Å²) in [7, 11) is 0. The van der Waals surface area contributed by atoms with Crippen LogP contribution >= 0.6 is 0 Å². The van der Waals surface area contributed by atoms with Gasteiger partial charge in [-0.2, -0.15) is 0 Å². The van der Waals surface area contributed by atoms with Gasteiger partial charge in [0, 0.05) is 179 Å². The largest absolute Gasteiger partial charge is 0.310 e. The first kappa shape index (κ1) is 89.0. The van der Waals surface area contributed by atoms with Crippen LogP contribution in [0.3, 0.4) is 0 Å². The predicted octanol–water partition coefficient (Wildman–Crippen LogP) is 36.9. The van der Waals surface area contributed by atoms with E-state index in [4.69, 9.17) is 0 Å². The minimum absolute atomic E-state index is 0.238. The van der Waals surface area contributed by atoms with E-state index in [9.17, 15) is 26.3 Å². The summed E-state index contributed by atoms with van der Waals surface area (Å²) in [6.45, 7) is 0. The molecule has 29 rings (SSSR count). The highest BCUT2D eigenvalue weighted by atomic mass is 19.2. The minimum Gasteiger partial charge on any atom is -0.310 e. The molecule has 150 heavy (non-hydrogen) atoms. The number of anilines is 9. The van der Waals surface area contributed by atoms with Crippen LogP contribution in [0.15, 0.2) is 498 Å². The maximum atomic E-state index is 14.7. The van der Waals surface area contributed by atoms with Crippen LogP contribution in [0.5, 0.6) is 0 Å². The summed E-state index contributed by atoms with van der Waals surface area (Å²) in [5, 5.41) is 27.7. The van der Waals surface area contributed by atoms with E-state index in [1.807, 2.05) is 141 Å². The SMILES string of the molecule is Fc1cc(N(c2cc(F)c(F)c(F)c2)c2ccc3c(c2)c2c4ccccc4c4ccc5ccccc5c4c2n3-c2ccccc2)cc(F)c1F.c1ccc(-n2c3ccc(N(c4ccc(-c5ccncc5)cc4)c4ccc(-c5ccncc5)cc4)cc3c3c4ccccc4c4ccc5ccccc5c4c32)cc1.c1ccc(-n2c3ccc(N(c4ccncc4)c4ccncc4)cc3c3c4ccccc4c4ccc5ccccc5c4c32)cc1. The molecule has 0 aliphatic heterocycles. The van der Waals surface area contributed by atoms with Gasteiger partial charge in [-0.15, -0.1) is 0 Å². The fourth-order valence-electron chi connectivity index (χ4n) is 22.7. The molecule has 0 bridgehead atoms. The standard InChI is InChI=1S/C52H34N4.C42H22F6N2.C40H26N4/c1-2-9-40(10-3-1)56-49-25-23-43(34-48(49)51-46-13-7-6-12-45(46)47-24-18-39-8-4-5-11-44(39)50(47)52(51)56)55(41-19-14-35(15-20-41)37-26-30-53-31-27-37)42-21-16-36(17-22-42)38-28-32-54-33-29-38;43-33-19-26(20-34(44)40(33)47)49(27-21-35(45)41(48)36(46)22-27)25-15-17-37-32(18-25)39-30-13-7-6-12-29(30)31-16-14-23-8-4-5-11-28(23)38(31)42(39)50(37)24-9-2-1-3-10-24;1-2-9-28(10-3-1)44-37-17-15-31(43(29-18-22-41-23-19-29)30-20-24-42-25-21-30)26-36(37)39-34-13-7-6-12-33(34)35-16-14-27-8-4-5-11-32(27)38(35)40(39)44/h1-34H;1-22H;1-26H. The van der Waals surface area contributed by atoms with Crippen LogP contribution in [0.4, 0.5) is 77.5 Å². The number of fused-ring (bicyclic) bond motifs is 30. The molecule has 0 saturated carbocycles. The van der Waals surface area contributed by atoms with Gasteiger partial charge >= 0.3 is 0 Å². The number of benzene rings is 22. The molecule has 0 aliphatic rings. The second-order valence-corrected chi connectivity index (χ2v) is 37.5. The zero-order valence-electron chi connectivity index (χ0n) is 80.1. The summed E-state index contributed by atoms with van der Waals surface area (Å²) < 4.78 is 94.2. The van der Waals surface area contributed by atoms with Crippen molar-refractivity contribution >= 4 is 214 Å². The smallest absolute Gasteiger partial charge is 0.194 e. The third-order valence-corrected chi connectivity index (χ3v) is 29.2. The van der Waals surface area contributed by atoms with Crippen LogP contribution < -0.4 is 14.7 Å². The van der Waals surface area contributed by atoms with Crippen LogP contribution in [0.25, 0.3) is 202 Å². The molecule has 7 heterocycles. The summed E-state index contributed by atoms with van der Waals surface area (Å²) in [6, 6.07) is 152. The summed E-state index contributed by atoms with van der Waals surface area (Å²) >= 11 is 0. The number of rotatable bonds is 14. The van der Waals surface area contributed by atoms with Crippen LogP contribution in [0, 0.1) is 34.9 Å². The van der Waals surface area contributed by atoms with Gasteiger partial charge in [0.15, 0.2) is 34.9 Å². The lowest BCUT2D eigenvalue weighted by molar-refractivity contribution is 0.446. The van der Waals surface area contributed by atoms with Crippen molar-refractivity contribution in [3.63, 3.8) is 0 Å². The molecule has 0 radical (unpaired) electrons. The summed E-state index contributed by atoms with van der Waals surface area (Å²) in [4.78, 5) is 22.8. The molecule has 0 unspecified atom stereocenters. The van der Waals surface area contributed by atoms with E-state index in [-0.39, 0.29) is 17.1 Å². The highest BCUT2D eigenvalue weighted by Crippen LogP contribution is 2.53. The molecule has 7 aromatic heterocycles. The minimum atomic E-state index is -1.70. The zero-order chi connectivity index (χ0) is 100. The highest BCUT2D eigenvalue weighted by molar-refractivity contribution is 6.40. The Hall–Kier alpha value is -19.8. The van der Waals surface area contributed by atoms with Gasteiger partial charge in [0.05, 0.1) is 44.5 Å². The van der Waals surface area contributed by atoms with Crippen molar-refractivity contribution in [2.24, 2.45) is 0 Å². The van der Waals surface area contributed by atoms with Gasteiger partial charge in [-0.1, -0.05) is 261 Å². The summed E-state index contributed by atoms with van der Waals surface area (Å²) in [5.74, 6) is -9.40. The third kappa shape index (κ3) is 15.0. The Morgan fingerprint density at radius 3 is 0.673 bits per heavy atom. The topological polar surface area (TPSA) is 76.1 Å². The van der Waals surface area contributed by atoms with E-state index in [2.05, 4.69) is 365 Å². The summed E-state index contributed by atoms with van der Waals surface area (Å²) in [6.07, 6.45) is 14.7. The Bertz CT molecular complexity index is 10200. The monoisotopic (exact) mass is 1940 g/mol. The molecular formula is C134H82F6N10. The highest BCUT2D eigenvalue weighted by Gasteiger charge is 2.30. The normalized spacial score (nSPS) is 11.7. The van der Waals surface area contributed by atoms with Gasteiger partial charge in [0.1, 0.15) is 0 Å². The van der Waals surface area contributed by atoms with E-state index < -0.39 is 34.9 Å². The van der Waals surface area contributed by atoms with Crippen molar-refractivity contribution in [3.8, 4) is 39.3 Å². The first-order chi connectivity index (χ1) is 74.0. The molecule has 0 spiro atoms. The van der Waals surface area contributed by atoms with E-state index >= 15 is 0 Å². The number of nitrogens with zero attached hydrogens (tertiary/aromatic N) is 10. The molecule has 0 saturated heterocycles. The molecular weight excluding hydrogens is 1860 g/mol. The van der Waals surface area contributed by atoms with Crippen LogP contribution in [0.2, 0.25) is 0 Å². The number of halogens is 6. The van der Waals surface area contributed by atoms with E-state index in [1.54, 1.807) is 12.1 Å². The molecule has 0 N–H and O–H groups in total. The molecule has 10 nitrogen and oxygen atoms in total. The Labute approximate surface area is 855 Å². The lowest BCUT2D eigenvalue weighted by Crippen LogP contribution is -2.12. The Balaban J connectivity index is 0.000000111. The first-order valence-electron chi connectivity index (χ1n) is 49.5. The molecule has 22 aromatic carbocycles. The lowest BCUT2D eigenvalue weighted by Gasteiger charge is -2.26. The average Bonchev–Trinajstić information content (AvgIpc) is 1.54. The van der Waals surface area contributed by atoms with Crippen molar-refractivity contribution in [1.29, 1.82) is 0 Å². The average molecular weight is 1950 g/mol. The lowest BCUT2D eigenvalue weighted by atomic mass is 9.93. The van der Waals surface area contributed by atoms with Crippen molar-refractivity contribution in [2.45, 2.75) is 0 Å². The van der Waals surface area contributed by atoms with E-state index in [1.165, 1.54) is 113 Å². The van der Waals surface area contributed by atoms with Crippen LogP contribution in [-0.4, -0.2) is 33.6 Å². The van der Waals surface area contributed by atoms with Crippen LogP contribution in [-0.2, 0) is 0 Å². The molecule has 29 aromatic rings. The number of hydrogen-bond acceptors (Lipinski definition) is 7. The van der Waals surface area contributed by atoms with Crippen molar-refractivity contribution < 1.29 is 26.3 Å². The van der Waals surface area contributed by atoms with E-state index in [0.29, 0.717) is 0 Å². The third-order valence-electron chi connectivity index (χ3n) is 29.2. The zero-order valence-corrected chi connectivity index (χ0v) is 80.1. The van der Waals surface area contributed by atoms with Gasteiger partial charge in [0.2, 0.25) is 0 Å². The number of hydrogen-bond donors (Lipinski definition) is 0. The predicted molar refractivity (Wildman–Crippen MR) is 606 cm³/mol. The Morgan fingerprint density at radius 2 is 0.380 bits per heavy atom. The number of aromatic nitrogens is 7. The van der Waals surface area contributed by atoms with Crippen molar-refractivity contribution in [2.75, 3.05) is 14.7 Å². The van der Waals surface area contributed by atoms with Gasteiger partial charge in [-0.25, -0.2) is 26.3 Å². The molecule has 0 fully saturated rings. The Kier molecular flexibility index (Phi) is 21.8. The van der Waals surface area contributed by atoms with Gasteiger partial charge in [0.25, 0.3) is 0 Å². The fourth-order valence-corrected chi connectivity index (χ4v) is 22.7. The number of para-hydroxylation sites is 3. The quantitative estimate of drug-likeness (QED) is 0.0610. The Morgan fingerprint density at radius 1 is 0.160 bits per heavy atom. The van der Waals surface area contributed by atoms with Crippen molar-refractivity contribution in [1.82, 2.24) is 33.6 Å². The number of pyridine rings is 4. The maximum absolute atomic E-state index is 14.7. The molecule has 0 atom stereocenters. The molecule has 16 heteroatoms. The van der Waals surface area contributed by atoms with Crippen LogP contribution in [0.1, 0.15) is 0 Å². The molecule has 0 aliphatic carbocycles. The fraction of sp³-hybridized carbons (Fsp3) is 0. The van der Waals surface area contributed by atoms with Gasteiger partial charge in [-0.05, 0) is 267 Å². The van der Waals surface area contributed by atoms with Gasteiger partial charge < -0.3 is 28.4 Å². The molecule has 710 valence electrons. The first-order valence-corrected chi connectivity index (χ1v) is 49.5. The van der Waals surface area contributed by atoms with Gasteiger partial charge in [-0.3, -0.25) is 19.9 Å². The van der Waals surface area contributed by atoms with E-state index in [0.717, 1.165) is 152 Å². The van der Waals surface area contributed by atoms with Crippen molar-refractivity contribution in [3.05, 3.63) is 533 Å². The maximum Gasteiger partial charge on any atom is 0.194 e. The second kappa shape index (κ2) is 36.8.